The fourth-order valence-electron chi connectivity index (χ4n) is 1.08. The summed E-state index contributed by atoms with van der Waals surface area (Å²) in [7, 11) is 0. The Morgan fingerprint density at radius 3 is 2.00 bits per heavy atom. The maximum Gasteiger partial charge on any atom is 0.184 e. The number of ether oxygens (including phenoxy) is 1. The Hall–Kier alpha value is -0.240. The highest BCUT2D eigenvalue weighted by Crippen LogP contribution is 2.18. The van der Waals surface area contributed by atoms with Crippen LogP contribution in [0.4, 0.5) is 0 Å². The number of rotatable bonds is 1. The summed E-state index contributed by atoms with van der Waals surface area (Å²) in [5.74, 6) is 0. The van der Waals surface area contributed by atoms with E-state index in [1.807, 2.05) is 0 Å². The van der Waals surface area contributed by atoms with Gasteiger partial charge in [-0.1, -0.05) is 0 Å². The number of hydrogen-bond acceptors (Lipinski definition) is 6. The minimum atomic E-state index is -1.57. The first-order valence-corrected chi connectivity index (χ1v) is 3.56. The summed E-state index contributed by atoms with van der Waals surface area (Å²) in [5.41, 5.74) is 0. The van der Waals surface area contributed by atoms with Gasteiger partial charge in [-0.15, -0.1) is 0 Å². The van der Waals surface area contributed by atoms with Crippen LogP contribution in [0.1, 0.15) is 0 Å². The predicted octanol–water partition coefficient (Wildman–Crippen LogP) is -3.22. The lowest BCUT2D eigenvalue weighted by molar-refractivity contribution is -0.286. The van der Waals surface area contributed by atoms with E-state index in [0.29, 0.717) is 0 Å². The summed E-state index contributed by atoms with van der Waals surface area (Å²) < 4.78 is 4.58. The maximum atomic E-state index is 9.12. The van der Waals surface area contributed by atoms with Crippen LogP contribution in [0.3, 0.4) is 0 Å². The molecule has 1 heterocycles. The van der Waals surface area contributed by atoms with E-state index < -0.39 is 37.3 Å². The highest BCUT2D eigenvalue weighted by molar-refractivity contribution is 4.87. The summed E-state index contributed by atoms with van der Waals surface area (Å²) in [4.78, 5) is 0. The second-order valence-electron chi connectivity index (χ2n) is 2.72. The van der Waals surface area contributed by atoms with Gasteiger partial charge in [0.2, 0.25) is 0 Å². The fourth-order valence-corrected chi connectivity index (χ4v) is 1.08. The van der Waals surface area contributed by atoms with Crippen molar-refractivity contribution in [2.45, 2.75) is 30.7 Å². The predicted molar refractivity (Wildman–Crippen MR) is 36.0 cm³/mol. The normalized spacial score (nSPS) is 49.2. The average Bonchev–Trinajstić information content (AvgIpc) is 2.08. The van der Waals surface area contributed by atoms with Gasteiger partial charge in [0.15, 0.2) is 6.29 Å². The summed E-state index contributed by atoms with van der Waals surface area (Å²) in [6, 6.07) is 0. The average molecular weight is 182 g/mol. The van der Waals surface area contributed by atoms with Gasteiger partial charge in [-0.3, -0.25) is 0 Å². The molecular weight excluding hydrogens is 170 g/mol. The highest BCUT2D eigenvalue weighted by Gasteiger charge is 2.42. The van der Waals surface area contributed by atoms with E-state index in [1.54, 1.807) is 0 Å². The van der Waals surface area contributed by atoms with Crippen molar-refractivity contribution < 1.29 is 30.3 Å². The van der Waals surface area contributed by atoms with Crippen molar-refractivity contribution in [1.29, 1.82) is 0 Å². The molecule has 1 aliphatic rings. The SMILES string of the molecule is OCC1O[13C@H](O)[13C@H](O)[C@@H](O)[C@H]1O. The Morgan fingerprint density at radius 1 is 0.917 bits per heavy atom. The molecule has 1 rings (SSSR count). The topological polar surface area (TPSA) is 110 Å². The van der Waals surface area contributed by atoms with Crippen molar-refractivity contribution in [2.75, 3.05) is 6.61 Å². The Balaban J connectivity index is 2.63. The first-order chi connectivity index (χ1) is 5.57. The minimum Gasteiger partial charge on any atom is -0.394 e. The Bertz CT molecular complexity index is 146. The van der Waals surface area contributed by atoms with Crippen LogP contribution in [0.15, 0.2) is 0 Å². The van der Waals surface area contributed by atoms with Gasteiger partial charge in [-0.25, -0.2) is 0 Å². The van der Waals surface area contributed by atoms with Crippen LogP contribution in [-0.4, -0.2) is 62.8 Å². The van der Waals surface area contributed by atoms with Crippen LogP contribution in [0, 0.1) is 0 Å². The molecule has 1 saturated heterocycles. The molecule has 0 saturated carbocycles. The molecular formula is C6H12O6. The lowest BCUT2D eigenvalue weighted by Crippen LogP contribution is -2.58. The largest absolute Gasteiger partial charge is 0.394 e. The molecule has 0 bridgehead atoms. The van der Waals surface area contributed by atoms with E-state index in [2.05, 4.69) is 4.74 Å². The molecule has 0 aromatic rings. The third kappa shape index (κ3) is 1.58. The van der Waals surface area contributed by atoms with Crippen molar-refractivity contribution in [1.82, 2.24) is 0 Å². The van der Waals surface area contributed by atoms with Crippen LogP contribution in [0.25, 0.3) is 0 Å². The molecule has 5 atom stereocenters. The van der Waals surface area contributed by atoms with E-state index in [9.17, 15) is 0 Å². The summed E-state index contributed by atoms with van der Waals surface area (Å²) >= 11 is 0. The molecule has 12 heavy (non-hydrogen) atoms. The zero-order chi connectivity index (χ0) is 9.30. The molecule has 0 amide bonds. The van der Waals surface area contributed by atoms with E-state index in [1.165, 1.54) is 0 Å². The van der Waals surface area contributed by atoms with E-state index in [4.69, 9.17) is 25.5 Å². The molecule has 6 nitrogen and oxygen atoms in total. The third-order valence-corrected chi connectivity index (χ3v) is 1.87. The first kappa shape index (κ1) is 9.85. The van der Waals surface area contributed by atoms with Gasteiger partial charge in [0.25, 0.3) is 0 Å². The van der Waals surface area contributed by atoms with E-state index in [0.717, 1.165) is 0 Å². The third-order valence-electron chi connectivity index (χ3n) is 1.87. The zero-order valence-electron chi connectivity index (χ0n) is 6.24. The smallest absolute Gasteiger partial charge is 0.184 e. The summed E-state index contributed by atoms with van der Waals surface area (Å²) in [6.07, 6.45) is -7.04. The Morgan fingerprint density at radius 2 is 1.50 bits per heavy atom. The molecule has 1 unspecified atom stereocenters. The second-order valence-corrected chi connectivity index (χ2v) is 2.72. The summed E-state index contributed by atoms with van der Waals surface area (Å²) in [5, 5.41) is 44.7. The van der Waals surface area contributed by atoms with Crippen LogP contribution >= 0.6 is 0 Å². The van der Waals surface area contributed by atoms with Crippen molar-refractivity contribution in [2.24, 2.45) is 0 Å². The van der Waals surface area contributed by atoms with Crippen molar-refractivity contribution in [3.05, 3.63) is 0 Å². The van der Waals surface area contributed by atoms with E-state index >= 15 is 0 Å². The Kier molecular flexibility index (Phi) is 2.99. The molecule has 6 heteroatoms. The minimum absolute atomic E-state index is 0.526. The van der Waals surface area contributed by atoms with Crippen molar-refractivity contribution >= 4 is 0 Å². The maximum absolute atomic E-state index is 9.12. The standard InChI is InChI=1S/C6H12O6/c7-1-2-3(8)4(9)5(10)6(11)12-2/h2-11H,1H2/t2?,3-,4-,5+,6-/m0/s1/i5+1,6+1. The molecule has 0 radical (unpaired) electrons. The van der Waals surface area contributed by atoms with Gasteiger partial charge in [-0.05, 0) is 0 Å². The van der Waals surface area contributed by atoms with Gasteiger partial charge < -0.3 is 30.3 Å². The van der Waals surface area contributed by atoms with Gasteiger partial charge in [-0.2, -0.15) is 0 Å². The monoisotopic (exact) mass is 182 g/mol. The second kappa shape index (κ2) is 3.65. The van der Waals surface area contributed by atoms with Crippen LogP contribution in [0.2, 0.25) is 0 Å². The van der Waals surface area contributed by atoms with Crippen molar-refractivity contribution in [3.63, 3.8) is 0 Å². The molecule has 0 spiro atoms. The fraction of sp³-hybridized carbons (Fsp3) is 1.00. The molecule has 0 aliphatic carbocycles. The molecule has 1 fully saturated rings. The van der Waals surface area contributed by atoms with Crippen molar-refractivity contribution in [3.8, 4) is 0 Å². The number of hydrogen-bond donors (Lipinski definition) is 5. The highest BCUT2D eigenvalue weighted by atomic mass is 16.8. The lowest BCUT2D eigenvalue weighted by atomic mass is 10.1. The molecule has 0 aromatic carbocycles. The lowest BCUT2D eigenvalue weighted by Gasteiger charge is -2.37. The van der Waals surface area contributed by atoms with Crippen LogP contribution in [-0.2, 0) is 4.74 Å². The number of aliphatic hydroxyl groups excluding tert-OH is 5. The van der Waals surface area contributed by atoms with Gasteiger partial charge >= 0.3 is 0 Å². The van der Waals surface area contributed by atoms with Gasteiger partial charge in [0.1, 0.15) is 24.4 Å². The molecule has 5 N–H and O–H groups in total. The van der Waals surface area contributed by atoms with Gasteiger partial charge in [0, 0.05) is 0 Å². The van der Waals surface area contributed by atoms with Gasteiger partial charge in [0.05, 0.1) is 6.61 Å². The van der Waals surface area contributed by atoms with Crippen LogP contribution in [0.5, 0.6) is 0 Å². The molecule has 0 aromatic heterocycles. The Labute approximate surface area is 68.6 Å². The summed E-state index contributed by atoms with van der Waals surface area (Å²) in [6.45, 7) is -0.526. The molecule has 1 aliphatic heterocycles. The quantitative estimate of drug-likeness (QED) is 0.273. The number of aliphatic hydroxyl groups is 5. The van der Waals surface area contributed by atoms with Crippen LogP contribution < -0.4 is 0 Å². The zero-order valence-corrected chi connectivity index (χ0v) is 6.24. The van der Waals surface area contributed by atoms with E-state index in [-0.39, 0.29) is 0 Å². The molecule has 72 valence electrons. The first-order valence-electron chi connectivity index (χ1n) is 3.56.